The Labute approximate surface area is 181 Å². The number of nitrogens with one attached hydrogen (secondary N) is 1. The summed E-state index contributed by atoms with van der Waals surface area (Å²) >= 11 is 0. The van der Waals surface area contributed by atoms with Crippen molar-refractivity contribution in [3.63, 3.8) is 0 Å². The number of aryl methyl sites for hydroxylation is 2. The van der Waals surface area contributed by atoms with Crippen molar-refractivity contribution in [1.29, 1.82) is 0 Å². The van der Waals surface area contributed by atoms with Gasteiger partial charge >= 0.3 is 0 Å². The Kier molecular flexibility index (Phi) is 7.54. The molecule has 7 nitrogen and oxygen atoms in total. The third-order valence-electron chi connectivity index (χ3n) is 5.07. The van der Waals surface area contributed by atoms with Crippen LogP contribution in [0.15, 0.2) is 58.8 Å². The van der Waals surface area contributed by atoms with E-state index in [0.717, 1.165) is 35.7 Å². The van der Waals surface area contributed by atoms with Crippen LogP contribution >= 0.6 is 0 Å². The van der Waals surface area contributed by atoms with Crippen LogP contribution in [0.2, 0.25) is 0 Å². The summed E-state index contributed by atoms with van der Waals surface area (Å²) in [6.07, 6.45) is 3.12. The van der Waals surface area contributed by atoms with Crippen LogP contribution in [0, 0.1) is 6.92 Å². The number of azo groups is 1. The summed E-state index contributed by atoms with van der Waals surface area (Å²) in [5.41, 5.74) is 2.74. The number of hydrogen-bond acceptors (Lipinski definition) is 4. The lowest BCUT2D eigenvalue weighted by Crippen LogP contribution is -2.25. The van der Waals surface area contributed by atoms with E-state index in [9.17, 15) is 14.7 Å². The van der Waals surface area contributed by atoms with Gasteiger partial charge < -0.3 is 15.0 Å². The van der Waals surface area contributed by atoms with Crippen molar-refractivity contribution < 1.29 is 14.7 Å². The van der Waals surface area contributed by atoms with Crippen LogP contribution in [0.4, 0.5) is 5.69 Å². The largest absolute Gasteiger partial charge is 0.493 e. The Morgan fingerprint density at radius 1 is 1.10 bits per heavy atom. The number of nitrogens with zero attached hydrogens (tertiary/aromatic N) is 3. The second-order valence-corrected chi connectivity index (χ2v) is 7.52. The number of amides is 2. The van der Waals surface area contributed by atoms with Crippen molar-refractivity contribution in [2.45, 2.75) is 46.1 Å². The predicted octanol–water partition coefficient (Wildman–Crippen LogP) is 5.28. The Hall–Kier alpha value is -3.48. The molecule has 0 radical (unpaired) electrons. The molecule has 0 spiro atoms. The van der Waals surface area contributed by atoms with Gasteiger partial charge in [-0.3, -0.25) is 9.59 Å². The fourth-order valence-corrected chi connectivity index (χ4v) is 3.41. The minimum Gasteiger partial charge on any atom is -0.493 e. The Morgan fingerprint density at radius 3 is 2.61 bits per heavy atom. The quantitative estimate of drug-likeness (QED) is 0.364. The summed E-state index contributed by atoms with van der Waals surface area (Å²) in [7, 11) is 0. The lowest BCUT2D eigenvalue weighted by molar-refractivity contribution is -0.118. The molecular weight excluding hydrogens is 392 g/mol. The fraction of sp³-hybridized carbons (Fsp3) is 0.333. The normalized spacial score (nSPS) is 11.3. The maximum atomic E-state index is 12.2. The van der Waals surface area contributed by atoms with Gasteiger partial charge in [0.15, 0.2) is 5.69 Å². The van der Waals surface area contributed by atoms with E-state index in [-0.39, 0.29) is 24.8 Å². The van der Waals surface area contributed by atoms with Gasteiger partial charge in [-0.1, -0.05) is 49.6 Å². The first-order valence-electron chi connectivity index (χ1n) is 10.6. The zero-order chi connectivity index (χ0) is 22.2. The third-order valence-corrected chi connectivity index (χ3v) is 5.07. The molecule has 7 heteroatoms. The second kappa shape index (κ2) is 10.5. The van der Waals surface area contributed by atoms with Gasteiger partial charge in [0.25, 0.3) is 11.8 Å². The molecule has 1 heterocycles. The standard InChI is InChI=1S/C24H28N4O3/c1-3-4-8-15-28-20-12-11-17(2)16-19(20)22(24(28)31)27-26-21(29)13-14-25-23(30)18-9-6-5-7-10-18/h5-7,9-12,16,31H,3-4,8,13-15H2,1-2H3,(H,25,30). The molecule has 0 aliphatic heterocycles. The summed E-state index contributed by atoms with van der Waals surface area (Å²) in [5.74, 6) is -0.688. The Morgan fingerprint density at radius 2 is 1.87 bits per heavy atom. The highest BCUT2D eigenvalue weighted by molar-refractivity contribution is 5.96. The number of benzene rings is 2. The topological polar surface area (TPSA) is 96.0 Å². The molecule has 2 N–H and O–H groups in total. The number of hydrogen-bond donors (Lipinski definition) is 2. The maximum Gasteiger partial charge on any atom is 0.266 e. The van der Waals surface area contributed by atoms with Crippen LogP contribution in [0.5, 0.6) is 5.88 Å². The summed E-state index contributed by atoms with van der Waals surface area (Å²) in [6.45, 7) is 4.93. The average Bonchev–Trinajstić information content (AvgIpc) is 3.03. The van der Waals surface area contributed by atoms with Crippen molar-refractivity contribution in [3.05, 3.63) is 59.7 Å². The van der Waals surface area contributed by atoms with E-state index >= 15 is 0 Å². The maximum absolute atomic E-state index is 12.2. The molecule has 2 aromatic carbocycles. The van der Waals surface area contributed by atoms with Gasteiger partial charge in [0.05, 0.1) is 5.52 Å². The predicted molar refractivity (Wildman–Crippen MR) is 121 cm³/mol. The minimum atomic E-state index is -0.465. The second-order valence-electron chi connectivity index (χ2n) is 7.52. The minimum absolute atomic E-state index is 0.0191. The molecule has 1 aromatic heterocycles. The van der Waals surface area contributed by atoms with Crippen LogP contribution in [0.25, 0.3) is 10.9 Å². The fourth-order valence-electron chi connectivity index (χ4n) is 3.41. The van der Waals surface area contributed by atoms with E-state index in [4.69, 9.17) is 0 Å². The zero-order valence-corrected chi connectivity index (χ0v) is 18.0. The van der Waals surface area contributed by atoms with Gasteiger partial charge in [0, 0.05) is 30.5 Å². The number of carbonyl (C=O) groups is 2. The molecule has 0 atom stereocenters. The molecule has 0 saturated carbocycles. The zero-order valence-electron chi connectivity index (χ0n) is 18.0. The van der Waals surface area contributed by atoms with Crippen molar-refractivity contribution in [3.8, 4) is 5.88 Å². The van der Waals surface area contributed by atoms with Gasteiger partial charge in [-0.25, -0.2) is 0 Å². The molecule has 0 aliphatic carbocycles. The lowest BCUT2D eigenvalue weighted by Gasteiger charge is -2.06. The number of carbonyl (C=O) groups excluding carboxylic acids is 2. The van der Waals surface area contributed by atoms with Crippen LogP contribution in [0.3, 0.4) is 0 Å². The van der Waals surface area contributed by atoms with Gasteiger partial charge in [0.2, 0.25) is 5.88 Å². The van der Waals surface area contributed by atoms with Gasteiger partial charge in [-0.15, -0.1) is 10.2 Å². The lowest BCUT2D eigenvalue weighted by atomic mass is 10.1. The van der Waals surface area contributed by atoms with E-state index in [1.54, 1.807) is 24.3 Å². The molecule has 0 unspecified atom stereocenters. The Bertz CT molecular complexity index is 1090. The van der Waals surface area contributed by atoms with Crippen molar-refractivity contribution in [1.82, 2.24) is 9.88 Å². The van der Waals surface area contributed by atoms with Crippen LogP contribution in [0.1, 0.15) is 48.5 Å². The molecule has 31 heavy (non-hydrogen) atoms. The molecule has 0 bridgehead atoms. The summed E-state index contributed by atoms with van der Waals surface area (Å²) in [5, 5.41) is 22.0. The summed E-state index contributed by atoms with van der Waals surface area (Å²) in [6, 6.07) is 14.7. The van der Waals surface area contributed by atoms with Crippen LogP contribution in [-0.4, -0.2) is 28.0 Å². The number of fused-ring (bicyclic) bond motifs is 1. The molecule has 0 fully saturated rings. The number of unbranched alkanes of at least 4 members (excludes halogenated alkanes) is 2. The van der Waals surface area contributed by atoms with E-state index in [1.165, 1.54) is 0 Å². The highest BCUT2D eigenvalue weighted by atomic mass is 16.3. The molecule has 0 saturated heterocycles. The smallest absolute Gasteiger partial charge is 0.266 e. The molecule has 2 amide bonds. The Balaban J connectivity index is 1.68. The summed E-state index contributed by atoms with van der Waals surface area (Å²) < 4.78 is 1.82. The van der Waals surface area contributed by atoms with E-state index in [2.05, 4.69) is 22.5 Å². The van der Waals surface area contributed by atoms with Crippen LogP contribution in [-0.2, 0) is 11.3 Å². The van der Waals surface area contributed by atoms with E-state index < -0.39 is 5.91 Å². The summed E-state index contributed by atoms with van der Waals surface area (Å²) in [4.78, 5) is 24.2. The van der Waals surface area contributed by atoms with Gasteiger partial charge in [-0.2, -0.15) is 0 Å². The van der Waals surface area contributed by atoms with E-state index in [1.807, 2.05) is 35.8 Å². The number of aromatic nitrogens is 1. The van der Waals surface area contributed by atoms with Crippen molar-refractivity contribution in [2.75, 3.05) is 6.54 Å². The highest BCUT2D eigenvalue weighted by Gasteiger charge is 2.17. The van der Waals surface area contributed by atoms with Gasteiger partial charge in [-0.05, 0) is 37.6 Å². The first-order chi connectivity index (χ1) is 15.0. The first-order valence-corrected chi connectivity index (χ1v) is 10.6. The average molecular weight is 421 g/mol. The van der Waals surface area contributed by atoms with Crippen molar-refractivity contribution >= 4 is 28.4 Å². The monoisotopic (exact) mass is 420 g/mol. The third kappa shape index (κ3) is 5.57. The molecular formula is C24H28N4O3. The van der Waals surface area contributed by atoms with Gasteiger partial charge in [0.1, 0.15) is 0 Å². The molecule has 0 aliphatic rings. The molecule has 3 aromatic rings. The highest BCUT2D eigenvalue weighted by Crippen LogP contribution is 2.39. The number of rotatable bonds is 9. The molecule has 162 valence electrons. The van der Waals surface area contributed by atoms with Crippen LogP contribution < -0.4 is 5.32 Å². The first kappa shape index (κ1) is 22.2. The SMILES string of the molecule is CCCCCn1c(O)c(N=NC(=O)CCNC(=O)c2ccccc2)c2cc(C)ccc21. The van der Waals surface area contributed by atoms with Crippen molar-refractivity contribution in [2.24, 2.45) is 10.2 Å². The molecule has 3 rings (SSSR count). The number of aromatic hydroxyl groups is 1. The van der Waals surface area contributed by atoms with E-state index in [0.29, 0.717) is 17.8 Å².